The van der Waals surface area contributed by atoms with Crippen LogP contribution in [0.4, 0.5) is 10.1 Å². The van der Waals surface area contributed by atoms with Gasteiger partial charge in [-0.3, -0.25) is 0 Å². The summed E-state index contributed by atoms with van der Waals surface area (Å²) in [5.74, 6) is 4.82. The summed E-state index contributed by atoms with van der Waals surface area (Å²) in [6, 6.07) is 18.6. The summed E-state index contributed by atoms with van der Waals surface area (Å²) in [5.41, 5.74) is 4.59. The number of aromatic hydroxyl groups is 1. The molecule has 0 aliphatic heterocycles. The summed E-state index contributed by atoms with van der Waals surface area (Å²) >= 11 is 5.13. The molecule has 0 aromatic heterocycles. The largest absolute Gasteiger partial charge is 0.505 e. The van der Waals surface area contributed by atoms with E-state index in [0.717, 1.165) is 26.2 Å². The summed E-state index contributed by atoms with van der Waals surface area (Å²) in [6.45, 7) is 5.55. The molecule has 3 aromatic rings. The molecule has 0 amide bonds. The van der Waals surface area contributed by atoms with Gasteiger partial charge in [-0.15, -0.1) is 0 Å². The molecule has 5 N–H and O–H groups in total. The second-order valence-electron chi connectivity index (χ2n) is 5.68. The van der Waals surface area contributed by atoms with E-state index in [-0.39, 0.29) is 5.75 Å². The number of hydrogen-bond acceptors (Lipinski definition) is 3. The maximum absolute atomic E-state index is 12.2. The number of phenols is 1. The quantitative estimate of drug-likeness (QED) is 0.294. The molecule has 27 heavy (non-hydrogen) atoms. The lowest BCUT2D eigenvalue weighted by atomic mass is 10.2. The molecule has 0 radical (unpaired) electrons. The van der Waals surface area contributed by atoms with Crippen LogP contribution in [0, 0.1) is 12.7 Å². The Balaban J connectivity index is 0.000000244. The van der Waals surface area contributed by atoms with E-state index in [9.17, 15) is 4.39 Å². The molecule has 3 nitrogen and oxygen atoms in total. The average Bonchev–Trinajstić information content (AvgIpc) is 2.67. The summed E-state index contributed by atoms with van der Waals surface area (Å²) in [5, 5.41) is 8.73. The van der Waals surface area contributed by atoms with Gasteiger partial charge >= 0.3 is 0 Å². The van der Waals surface area contributed by atoms with Crippen LogP contribution < -0.4 is 11.3 Å². The van der Waals surface area contributed by atoms with Crippen molar-refractivity contribution >= 4 is 39.5 Å². The Labute approximate surface area is 171 Å². The number of phenolic OH excluding ortho intramolecular Hbond substituents is 1. The zero-order valence-corrected chi connectivity index (χ0v) is 17.2. The molecule has 0 aliphatic rings. The number of hydrogen-bond donors (Lipinski definition) is 3. The zero-order valence-electron chi connectivity index (χ0n) is 14.8. The molecule has 0 bridgehead atoms. The number of quaternary nitrogens is 1. The number of halogens is 2. The normalized spacial score (nSPS) is 10.1. The van der Waals surface area contributed by atoms with Crippen molar-refractivity contribution < 1.29 is 14.9 Å². The molecule has 0 fully saturated rings. The monoisotopic (exact) mass is 447 g/mol. The molecule has 0 aliphatic carbocycles. The van der Waals surface area contributed by atoms with Gasteiger partial charge in [-0.05, 0) is 60.5 Å². The Morgan fingerprint density at radius 3 is 2.37 bits per heavy atom. The minimum absolute atomic E-state index is 0.282. The molecular formula is C21H21BrFN2OS+. The molecular weight excluding hydrogens is 427 g/mol. The summed E-state index contributed by atoms with van der Waals surface area (Å²) < 4.78 is 13.3. The Morgan fingerprint density at radius 2 is 1.81 bits per heavy atom. The van der Waals surface area contributed by atoms with Crippen molar-refractivity contribution in [2.24, 2.45) is 5.84 Å². The van der Waals surface area contributed by atoms with E-state index in [1.165, 1.54) is 17.0 Å². The SMILES string of the molecule is C=Cc1ccc(Sc2ccc(Br)cc2)c([NH2+]N)c1.Cc1ccc(F)c(O)c1. The van der Waals surface area contributed by atoms with Crippen LogP contribution >= 0.6 is 27.7 Å². The van der Waals surface area contributed by atoms with Crippen molar-refractivity contribution in [3.05, 3.63) is 88.7 Å². The lowest BCUT2D eigenvalue weighted by Crippen LogP contribution is -2.85. The minimum atomic E-state index is -0.569. The molecule has 0 atom stereocenters. The van der Waals surface area contributed by atoms with E-state index in [0.29, 0.717) is 0 Å². The predicted octanol–water partition coefficient (Wildman–Crippen LogP) is 5.15. The van der Waals surface area contributed by atoms with Crippen LogP contribution in [0.2, 0.25) is 0 Å². The number of rotatable bonds is 4. The maximum Gasteiger partial charge on any atom is 0.164 e. The van der Waals surface area contributed by atoms with Gasteiger partial charge in [0.2, 0.25) is 0 Å². The van der Waals surface area contributed by atoms with Gasteiger partial charge in [0.1, 0.15) is 0 Å². The second kappa shape index (κ2) is 10.3. The summed E-state index contributed by atoms with van der Waals surface area (Å²) in [6.07, 6.45) is 1.82. The van der Waals surface area contributed by atoms with Crippen LogP contribution in [0.5, 0.6) is 5.75 Å². The van der Waals surface area contributed by atoms with Crippen molar-refractivity contribution in [2.75, 3.05) is 0 Å². The van der Waals surface area contributed by atoms with Gasteiger partial charge in [0.15, 0.2) is 17.3 Å². The van der Waals surface area contributed by atoms with Crippen LogP contribution in [-0.2, 0) is 0 Å². The molecule has 0 saturated heterocycles. The van der Waals surface area contributed by atoms with Crippen LogP contribution in [0.3, 0.4) is 0 Å². The molecule has 0 heterocycles. The van der Waals surface area contributed by atoms with Gasteiger partial charge in [0.05, 0.1) is 4.90 Å². The van der Waals surface area contributed by atoms with Gasteiger partial charge in [-0.1, -0.05) is 52.5 Å². The Morgan fingerprint density at radius 1 is 1.11 bits per heavy atom. The van der Waals surface area contributed by atoms with Crippen LogP contribution in [0.25, 0.3) is 6.08 Å². The third-order valence-electron chi connectivity index (χ3n) is 3.59. The van der Waals surface area contributed by atoms with Crippen molar-refractivity contribution in [3.63, 3.8) is 0 Å². The van der Waals surface area contributed by atoms with E-state index in [4.69, 9.17) is 10.9 Å². The number of benzene rings is 3. The topological polar surface area (TPSA) is 62.9 Å². The Bertz CT molecular complexity index is 917. The van der Waals surface area contributed by atoms with Gasteiger partial charge in [0, 0.05) is 15.4 Å². The van der Waals surface area contributed by atoms with Gasteiger partial charge < -0.3 is 5.11 Å². The van der Waals surface area contributed by atoms with E-state index >= 15 is 0 Å². The molecule has 3 rings (SSSR count). The third kappa shape index (κ3) is 6.52. The first-order chi connectivity index (χ1) is 12.9. The predicted molar refractivity (Wildman–Crippen MR) is 113 cm³/mol. The fraction of sp³-hybridized carbons (Fsp3) is 0.0476. The standard InChI is InChI=1S/C14H13BrN2S.C7H7FO/c1-2-10-3-8-14(13(9-10)17-16)18-12-6-4-11(15)5-7-12;1-5-2-3-6(8)7(9)4-5/h2-9,17H,1,16H2;2-4,9H,1H3/p+1. The lowest BCUT2D eigenvalue weighted by Gasteiger charge is -2.06. The highest BCUT2D eigenvalue weighted by Crippen LogP contribution is 2.32. The first kappa shape index (κ1) is 21.2. The molecule has 0 saturated carbocycles. The fourth-order valence-corrected chi connectivity index (χ4v) is 3.34. The summed E-state index contributed by atoms with van der Waals surface area (Å²) in [4.78, 5) is 2.33. The Hall–Kier alpha value is -2.12. The number of nitrogens with two attached hydrogens (primary N) is 2. The highest BCUT2D eigenvalue weighted by molar-refractivity contribution is 9.10. The molecule has 140 valence electrons. The van der Waals surface area contributed by atoms with Gasteiger partial charge in [0.25, 0.3) is 0 Å². The molecule has 0 spiro atoms. The third-order valence-corrected chi connectivity index (χ3v) is 5.22. The summed E-state index contributed by atoms with van der Waals surface area (Å²) in [7, 11) is 0. The molecule has 6 heteroatoms. The first-order valence-electron chi connectivity index (χ1n) is 8.13. The van der Waals surface area contributed by atoms with Crippen molar-refractivity contribution in [1.82, 2.24) is 0 Å². The van der Waals surface area contributed by atoms with Crippen LogP contribution in [0.15, 0.2) is 81.5 Å². The molecule has 0 unspecified atom stereocenters. The minimum Gasteiger partial charge on any atom is -0.505 e. The molecule has 3 aromatic carbocycles. The fourth-order valence-electron chi connectivity index (χ4n) is 2.17. The van der Waals surface area contributed by atoms with Crippen LogP contribution in [0.1, 0.15) is 11.1 Å². The van der Waals surface area contributed by atoms with Crippen molar-refractivity contribution in [3.8, 4) is 5.75 Å². The van der Waals surface area contributed by atoms with E-state index in [1.807, 2.05) is 30.3 Å². The highest BCUT2D eigenvalue weighted by atomic mass is 79.9. The maximum atomic E-state index is 12.2. The number of aryl methyl sites for hydroxylation is 1. The van der Waals surface area contributed by atoms with Crippen LogP contribution in [-0.4, -0.2) is 5.11 Å². The van der Waals surface area contributed by atoms with E-state index in [2.05, 4.69) is 40.7 Å². The zero-order chi connectivity index (χ0) is 19.8. The lowest BCUT2D eigenvalue weighted by molar-refractivity contribution is -0.586. The van der Waals surface area contributed by atoms with Gasteiger partial charge in [-0.25, -0.2) is 9.82 Å². The first-order valence-corrected chi connectivity index (χ1v) is 9.74. The Kier molecular flexibility index (Phi) is 8.06. The average molecular weight is 448 g/mol. The second-order valence-corrected chi connectivity index (χ2v) is 7.71. The smallest absolute Gasteiger partial charge is 0.164 e. The van der Waals surface area contributed by atoms with Gasteiger partial charge in [-0.2, -0.15) is 5.84 Å². The van der Waals surface area contributed by atoms with E-state index < -0.39 is 5.82 Å². The van der Waals surface area contributed by atoms with E-state index in [1.54, 1.807) is 30.2 Å². The highest BCUT2D eigenvalue weighted by Gasteiger charge is 2.07. The van der Waals surface area contributed by atoms with Crippen molar-refractivity contribution in [2.45, 2.75) is 16.7 Å². The van der Waals surface area contributed by atoms with Crippen molar-refractivity contribution in [1.29, 1.82) is 0 Å².